The summed E-state index contributed by atoms with van der Waals surface area (Å²) in [5.74, 6) is -1.59. The number of non-ortho nitro benzene ring substituents is 1. The number of esters is 1. The number of alkyl halides is 2. The minimum Gasteiger partial charge on any atom is -0.454 e. The lowest BCUT2D eigenvalue weighted by molar-refractivity contribution is -0.384. The van der Waals surface area contributed by atoms with Crippen molar-refractivity contribution in [2.24, 2.45) is 5.73 Å². The Bertz CT molecular complexity index is 596. The smallest absolute Gasteiger partial charge is 0.320 e. The number of nitro groups is 1. The monoisotopic (exact) mass is 379 g/mol. The molecule has 0 aliphatic rings. The number of nitro benzene ring substituents is 1. The number of nitrogens with two attached hydrogens (primary N) is 1. The van der Waals surface area contributed by atoms with E-state index < -0.39 is 46.9 Å². The molecule has 1 rings (SSSR count). The van der Waals surface area contributed by atoms with Gasteiger partial charge in [0.15, 0.2) is 4.84 Å². The van der Waals surface area contributed by atoms with Gasteiger partial charge < -0.3 is 20.9 Å². The van der Waals surface area contributed by atoms with Gasteiger partial charge in [-0.2, -0.15) is 0 Å². The lowest BCUT2D eigenvalue weighted by atomic mass is 10.0. The van der Waals surface area contributed by atoms with Crippen LogP contribution in [0.1, 0.15) is 11.7 Å². The van der Waals surface area contributed by atoms with Crippen molar-refractivity contribution in [3.8, 4) is 0 Å². The molecule has 24 heavy (non-hydrogen) atoms. The number of carbonyl (C=O) groups excluding carboxylic acids is 2. The average Bonchev–Trinajstić information content (AvgIpc) is 2.57. The Hall–Kier alpha value is -1.94. The number of aliphatic hydroxyl groups excluding tert-OH is 1. The standard InChI is InChI=1S/C13H15Cl2N3O6/c14-12(15)13(21)17-9(6-19)11(24-10(20)5-16)7-1-3-8(4-2-7)18(22)23/h1-4,9,11-12,19H,5-6,16H2,(H,17,21)/t9-,11-/m1/s1. The summed E-state index contributed by atoms with van der Waals surface area (Å²) < 4.78 is 5.13. The second kappa shape index (κ2) is 9.38. The van der Waals surface area contributed by atoms with Crippen molar-refractivity contribution in [2.75, 3.05) is 13.2 Å². The molecule has 9 nitrogen and oxygen atoms in total. The number of amides is 1. The van der Waals surface area contributed by atoms with E-state index in [-0.39, 0.29) is 5.69 Å². The minimum atomic E-state index is -1.39. The van der Waals surface area contributed by atoms with E-state index in [4.69, 9.17) is 33.7 Å². The molecule has 0 spiro atoms. The summed E-state index contributed by atoms with van der Waals surface area (Å²) in [4.78, 5) is 31.8. The topological polar surface area (TPSA) is 145 Å². The molecule has 0 radical (unpaired) electrons. The maximum atomic E-state index is 11.6. The molecule has 0 aromatic heterocycles. The molecule has 132 valence electrons. The fraction of sp³-hybridized carbons (Fsp3) is 0.385. The Morgan fingerprint density at radius 1 is 1.33 bits per heavy atom. The number of hydrogen-bond donors (Lipinski definition) is 3. The van der Waals surface area contributed by atoms with Gasteiger partial charge in [-0.15, -0.1) is 0 Å². The lowest BCUT2D eigenvalue weighted by Crippen LogP contribution is -2.45. The number of rotatable bonds is 8. The molecule has 0 bridgehead atoms. The van der Waals surface area contributed by atoms with Gasteiger partial charge in [0.2, 0.25) is 0 Å². The van der Waals surface area contributed by atoms with Crippen molar-refractivity contribution < 1.29 is 24.4 Å². The predicted octanol–water partition coefficient (Wildman–Crippen LogP) is 0.419. The minimum absolute atomic E-state index is 0.172. The van der Waals surface area contributed by atoms with E-state index in [1.165, 1.54) is 24.3 Å². The normalized spacial score (nSPS) is 13.2. The van der Waals surface area contributed by atoms with Gasteiger partial charge in [-0.25, -0.2) is 0 Å². The van der Waals surface area contributed by atoms with Gasteiger partial charge in [0.05, 0.1) is 24.1 Å². The van der Waals surface area contributed by atoms with Crippen LogP contribution in [0.25, 0.3) is 0 Å². The molecule has 0 saturated heterocycles. The average molecular weight is 380 g/mol. The molecule has 1 aromatic rings. The number of benzene rings is 1. The molecule has 2 atom stereocenters. The van der Waals surface area contributed by atoms with Crippen molar-refractivity contribution in [1.29, 1.82) is 0 Å². The number of aliphatic hydroxyl groups is 1. The molecule has 1 aromatic carbocycles. The molecule has 0 fully saturated rings. The van der Waals surface area contributed by atoms with E-state index in [0.29, 0.717) is 5.56 Å². The van der Waals surface area contributed by atoms with Gasteiger partial charge in [0, 0.05) is 12.1 Å². The summed E-state index contributed by atoms with van der Waals surface area (Å²) in [6.07, 6.45) is -1.14. The Labute approximate surface area is 146 Å². The number of carbonyl (C=O) groups is 2. The number of nitrogens with one attached hydrogen (secondary N) is 1. The second-order valence-electron chi connectivity index (χ2n) is 4.56. The summed E-state index contributed by atoms with van der Waals surface area (Å²) in [6.45, 7) is -1.03. The molecule has 4 N–H and O–H groups in total. The first-order chi connectivity index (χ1) is 11.3. The molecule has 0 unspecified atom stereocenters. The van der Waals surface area contributed by atoms with Crippen LogP contribution in [-0.2, 0) is 14.3 Å². The first kappa shape index (κ1) is 20.1. The van der Waals surface area contributed by atoms with Gasteiger partial charge in [-0.3, -0.25) is 19.7 Å². The van der Waals surface area contributed by atoms with Crippen LogP contribution < -0.4 is 11.1 Å². The highest BCUT2D eigenvalue weighted by molar-refractivity contribution is 6.53. The van der Waals surface area contributed by atoms with Crippen molar-refractivity contribution in [3.05, 3.63) is 39.9 Å². The first-order valence-corrected chi connectivity index (χ1v) is 7.50. The van der Waals surface area contributed by atoms with Crippen LogP contribution in [0.2, 0.25) is 0 Å². The third kappa shape index (κ3) is 5.60. The number of halogens is 2. The maximum absolute atomic E-state index is 11.6. The van der Waals surface area contributed by atoms with Crippen molar-refractivity contribution >= 4 is 40.8 Å². The van der Waals surface area contributed by atoms with E-state index in [0.717, 1.165) is 0 Å². The summed E-state index contributed by atoms with van der Waals surface area (Å²) in [5, 5.41) is 22.5. The molecule has 1 amide bonds. The molecule has 0 aliphatic carbocycles. The fourth-order valence-corrected chi connectivity index (χ4v) is 1.95. The Morgan fingerprint density at radius 2 is 1.92 bits per heavy atom. The maximum Gasteiger partial charge on any atom is 0.320 e. The highest BCUT2D eigenvalue weighted by Crippen LogP contribution is 2.24. The third-order valence-corrected chi connectivity index (χ3v) is 3.34. The lowest BCUT2D eigenvalue weighted by Gasteiger charge is -2.27. The Morgan fingerprint density at radius 3 is 2.33 bits per heavy atom. The van der Waals surface area contributed by atoms with Crippen LogP contribution in [0.4, 0.5) is 5.69 Å². The molecule has 0 saturated carbocycles. The zero-order valence-electron chi connectivity index (χ0n) is 12.2. The van der Waals surface area contributed by atoms with Crippen LogP contribution in [0.15, 0.2) is 24.3 Å². The number of nitrogens with zero attached hydrogens (tertiary/aromatic N) is 1. The van der Waals surface area contributed by atoms with Gasteiger partial charge in [0.25, 0.3) is 11.6 Å². The van der Waals surface area contributed by atoms with Gasteiger partial charge in [-0.05, 0) is 17.7 Å². The molecule has 0 heterocycles. The van der Waals surface area contributed by atoms with E-state index in [1.807, 2.05) is 0 Å². The zero-order valence-corrected chi connectivity index (χ0v) is 13.7. The summed E-state index contributed by atoms with van der Waals surface area (Å²) in [6, 6.07) is 3.98. The quantitative estimate of drug-likeness (QED) is 0.256. The molecule has 11 heteroatoms. The van der Waals surface area contributed by atoms with Crippen molar-refractivity contribution in [3.63, 3.8) is 0 Å². The molecular formula is C13H15Cl2N3O6. The van der Waals surface area contributed by atoms with Crippen LogP contribution in [0, 0.1) is 10.1 Å². The zero-order chi connectivity index (χ0) is 18.3. The first-order valence-electron chi connectivity index (χ1n) is 6.63. The van der Waals surface area contributed by atoms with Crippen LogP contribution in [0.5, 0.6) is 0 Å². The van der Waals surface area contributed by atoms with Crippen molar-refractivity contribution in [2.45, 2.75) is 17.0 Å². The van der Waals surface area contributed by atoms with E-state index >= 15 is 0 Å². The predicted molar refractivity (Wildman–Crippen MR) is 85.5 cm³/mol. The third-order valence-electron chi connectivity index (χ3n) is 2.95. The van der Waals surface area contributed by atoms with Gasteiger partial charge >= 0.3 is 5.97 Å². The van der Waals surface area contributed by atoms with Crippen LogP contribution in [-0.4, -0.2) is 45.9 Å². The Balaban J connectivity index is 3.10. The van der Waals surface area contributed by atoms with Gasteiger partial charge in [-0.1, -0.05) is 23.2 Å². The van der Waals surface area contributed by atoms with Crippen molar-refractivity contribution in [1.82, 2.24) is 5.32 Å². The highest BCUT2D eigenvalue weighted by Gasteiger charge is 2.29. The SMILES string of the molecule is NCC(=O)O[C@H](c1ccc([N+](=O)[O-])cc1)[C@@H](CO)NC(=O)C(Cl)Cl. The summed E-state index contributed by atoms with van der Waals surface area (Å²) in [5.41, 5.74) is 5.33. The van der Waals surface area contributed by atoms with E-state index in [1.54, 1.807) is 0 Å². The molecular weight excluding hydrogens is 365 g/mol. The Kier molecular flexibility index (Phi) is 7.86. The highest BCUT2D eigenvalue weighted by atomic mass is 35.5. The van der Waals surface area contributed by atoms with Gasteiger partial charge in [0.1, 0.15) is 6.10 Å². The number of ether oxygens (including phenoxy) is 1. The van der Waals surface area contributed by atoms with Crippen LogP contribution in [0.3, 0.4) is 0 Å². The largest absolute Gasteiger partial charge is 0.454 e. The molecule has 0 aliphatic heterocycles. The number of hydrogen-bond acceptors (Lipinski definition) is 7. The summed E-state index contributed by atoms with van der Waals surface area (Å²) >= 11 is 10.9. The summed E-state index contributed by atoms with van der Waals surface area (Å²) in [7, 11) is 0. The fourth-order valence-electron chi connectivity index (χ4n) is 1.82. The van der Waals surface area contributed by atoms with Crippen LogP contribution >= 0.6 is 23.2 Å². The van der Waals surface area contributed by atoms with E-state index in [9.17, 15) is 24.8 Å². The van der Waals surface area contributed by atoms with E-state index in [2.05, 4.69) is 5.32 Å². The second-order valence-corrected chi connectivity index (χ2v) is 5.66.